The molecule has 0 aliphatic rings. The summed E-state index contributed by atoms with van der Waals surface area (Å²) in [5.41, 5.74) is 0. The second-order valence-corrected chi connectivity index (χ2v) is 9.63. The zero-order valence-corrected chi connectivity index (χ0v) is 25.3. The third kappa shape index (κ3) is 31.1. The van der Waals surface area contributed by atoms with Gasteiger partial charge in [-0.05, 0) is 19.8 Å². The van der Waals surface area contributed by atoms with Crippen molar-refractivity contribution in [3.05, 3.63) is 0 Å². The summed E-state index contributed by atoms with van der Waals surface area (Å²) in [5, 5.41) is 0. The topological polar surface area (TPSA) is 26.3 Å². The van der Waals surface area contributed by atoms with Crippen LogP contribution in [-0.4, -0.2) is 12.1 Å². The molecule has 1 unspecified atom stereocenters. The second-order valence-electron chi connectivity index (χ2n) is 9.63. The molecule has 0 heterocycles. The van der Waals surface area contributed by atoms with Crippen LogP contribution in [0.15, 0.2) is 0 Å². The van der Waals surface area contributed by atoms with E-state index in [0.29, 0.717) is 0 Å². The van der Waals surface area contributed by atoms with Crippen LogP contribution in [0.5, 0.6) is 0 Å². The fraction of sp³-hybridized carbons (Fsp3) is 0.964. The van der Waals surface area contributed by atoms with Crippen molar-refractivity contribution in [2.24, 2.45) is 0 Å². The largest absolute Gasteiger partial charge is 1.00 e. The molecular formula is C28H57KO2. The van der Waals surface area contributed by atoms with Gasteiger partial charge in [-0.15, -0.1) is 0 Å². The molecule has 0 N–H and O–H groups in total. The van der Waals surface area contributed by atoms with Crippen LogP contribution >= 0.6 is 0 Å². The van der Waals surface area contributed by atoms with Crippen LogP contribution in [0.1, 0.15) is 170 Å². The van der Waals surface area contributed by atoms with Gasteiger partial charge in [-0.3, -0.25) is 4.79 Å². The molecule has 182 valence electrons. The molecule has 0 fully saturated rings. The maximum Gasteiger partial charge on any atom is 1.00 e. The van der Waals surface area contributed by atoms with E-state index in [4.69, 9.17) is 4.74 Å². The first-order valence-electron chi connectivity index (χ1n) is 13.8. The van der Waals surface area contributed by atoms with Gasteiger partial charge in [0.05, 0.1) is 6.10 Å². The van der Waals surface area contributed by atoms with Crippen LogP contribution in [-0.2, 0) is 9.53 Å². The van der Waals surface area contributed by atoms with Crippen molar-refractivity contribution in [3.63, 3.8) is 0 Å². The Morgan fingerprint density at radius 2 is 0.839 bits per heavy atom. The average molecular weight is 465 g/mol. The van der Waals surface area contributed by atoms with Gasteiger partial charge in [0, 0.05) is 6.92 Å². The SMILES string of the molecule is CCCCCCCCCCCCCCCCCCCCCCCCC(C)OC(C)=O.[H-].[K+]. The molecule has 2 nitrogen and oxygen atoms in total. The van der Waals surface area contributed by atoms with E-state index < -0.39 is 0 Å². The molecule has 3 heteroatoms. The van der Waals surface area contributed by atoms with Crippen molar-refractivity contribution in [1.29, 1.82) is 0 Å². The first-order chi connectivity index (χ1) is 14.7. The smallest absolute Gasteiger partial charge is 1.00 e. The Morgan fingerprint density at radius 1 is 0.581 bits per heavy atom. The Bertz CT molecular complexity index is 352. The number of rotatable bonds is 24. The zero-order chi connectivity index (χ0) is 22.1. The third-order valence-corrected chi connectivity index (χ3v) is 6.33. The van der Waals surface area contributed by atoms with Gasteiger partial charge in [0.25, 0.3) is 0 Å². The molecule has 0 saturated heterocycles. The molecule has 0 spiro atoms. The summed E-state index contributed by atoms with van der Waals surface area (Å²) in [7, 11) is 0. The minimum Gasteiger partial charge on any atom is -1.00 e. The number of carbonyl (C=O) groups is 1. The van der Waals surface area contributed by atoms with Crippen molar-refractivity contribution in [3.8, 4) is 0 Å². The van der Waals surface area contributed by atoms with Crippen molar-refractivity contribution >= 4 is 5.97 Å². The molecule has 0 aromatic rings. The Balaban J connectivity index is -0.00000420. The third-order valence-electron chi connectivity index (χ3n) is 6.33. The predicted molar refractivity (Wildman–Crippen MR) is 134 cm³/mol. The van der Waals surface area contributed by atoms with Gasteiger partial charge in [0.1, 0.15) is 0 Å². The molecule has 0 aliphatic heterocycles. The van der Waals surface area contributed by atoms with Crippen molar-refractivity contribution in [2.75, 3.05) is 0 Å². The summed E-state index contributed by atoms with van der Waals surface area (Å²) in [6.45, 7) is 5.79. The van der Waals surface area contributed by atoms with Crippen LogP contribution in [0, 0.1) is 0 Å². The minimum absolute atomic E-state index is 0. The molecule has 0 aromatic carbocycles. The quantitative estimate of drug-likeness (QED) is 0.0869. The Kier molecular flexibility index (Phi) is 32.2. The van der Waals surface area contributed by atoms with Crippen LogP contribution in [0.2, 0.25) is 0 Å². The fourth-order valence-electron chi connectivity index (χ4n) is 4.38. The van der Waals surface area contributed by atoms with E-state index in [1.165, 1.54) is 148 Å². The van der Waals surface area contributed by atoms with E-state index in [0.717, 1.165) is 6.42 Å². The molecular weight excluding hydrogens is 407 g/mol. The number of hydrogen-bond donors (Lipinski definition) is 0. The monoisotopic (exact) mass is 464 g/mol. The normalized spacial score (nSPS) is 11.8. The van der Waals surface area contributed by atoms with Gasteiger partial charge in [-0.1, -0.05) is 142 Å². The summed E-state index contributed by atoms with van der Waals surface area (Å²) in [6, 6.07) is 0. The van der Waals surface area contributed by atoms with Gasteiger partial charge in [-0.2, -0.15) is 0 Å². The van der Waals surface area contributed by atoms with E-state index in [1.807, 2.05) is 6.92 Å². The maximum absolute atomic E-state index is 10.9. The molecule has 0 amide bonds. The van der Waals surface area contributed by atoms with Crippen LogP contribution in [0.25, 0.3) is 0 Å². The standard InChI is InChI=1S/C28H56O2.K.H/c1-4-5-6-7-8-9-10-11-12-13-14-15-16-17-18-19-20-21-22-23-24-25-26-27(2)30-28(3)29;;/h27H,4-26H2,1-3H3;;/q;+1;-1. The molecule has 0 rings (SSSR count). The second kappa shape index (κ2) is 29.1. The fourth-order valence-corrected chi connectivity index (χ4v) is 4.38. The van der Waals surface area contributed by atoms with E-state index in [-0.39, 0.29) is 64.9 Å². The number of esters is 1. The van der Waals surface area contributed by atoms with Gasteiger partial charge in [0.15, 0.2) is 0 Å². The molecule has 1 atom stereocenters. The van der Waals surface area contributed by atoms with Crippen LogP contribution < -0.4 is 51.4 Å². The number of ether oxygens (including phenoxy) is 1. The van der Waals surface area contributed by atoms with Gasteiger partial charge in [-0.25, -0.2) is 0 Å². The summed E-state index contributed by atoms with van der Waals surface area (Å²) in [6.07, 6.45) is 32.3. The summed E-state index contributed by atoms with van der Waals surface area (Å²) in [5.74, 6) is -0.152. The van der Waals surface area contributed by atoms with Gasteiger partial charge >= 0.3 is 57.4 Å². The van der Waals surface area contributed by atoms with E-state index in [9.17, 15) is 4.79 Å². The van der Waals surface area contributed by atoms with Gasteiger partial charge < -0.3 is 6.16 Å². The molecule has 0 aromatic heterocycles. The molecule has 0 aliphatic carbocycles. The molecule has 0 bridgehead atoms. The number of carbonyl (C=O) groups excluding carboxylic acids is 1. The van der Waals surface area contributed by atoms with E-state index in [1.54, 1.807) is 0 Å². The number of unbranched alkanes of at least 4 members (excludes halogenated alkanes) is 21. The first-order valence-corrected chi connectivity index (χ1v) is 13.8. The van der Waals surface area contributed by atoms with Crippen LogP contribution in [0.3, 0.4) is 0 Å². The van der Waals surface area contributed by atoms with E-state index >= 15 is 0 Å². The Morgan fingerprint density at radius 3 is 1.10 bits per heavy atom. The number of hydrogen-bond acceptors (Lipinski definition) is 2. The molecule has 0 radical (unpaired) electrons. The Hall–Kier alpha value is 1.11. The maximum atomic E-state index is 10.9. The molecule has 31 heavy (non-hydrogen) atoms. The Labute approximate surface area is 240 Å². The summed E-state index contributed by atoms with van der Waals surface area (Å²) >= 11 is 0. The minimum atomic E-state index is -0.152. The van der Waals surface area contributed by atoms with Crippen LogP contribution in [0.4, 0.5) is 0 Å². The van der Waals surface area contributed by atoms with E-state index in [2.05, 4.69) is 6.92 Å². The first kappa shape index (κ1) is 34.3. The zero-order valence-electron chi connectivity index (χ0n) is 23.2. The van der Waals surface area contributed by atoms with Crippen molar-refractivity contribution < 1.29 is 62.3 Å². The average Bonchev–Trinajstić information content (AvgIpc) is 2.71. The van der Waals surface area contributed by atoms with Crippen molar-refractivity contribution in [1.82, 2.24) is 0 Å². The predicted octanol–water partition coefficient (Wildman–Crippen LogP) is 7.05. The summed E-state index contributed by atoms with van der Waals surface area (Å²) in [4.78, 5) is 10.9. The van der Waals surface area contributed by atoms with Gasteiger partial charge in [0.2, 0.25) is 0 Å². The molecule has 0 saturated carbocycles. The van der Waals surface area contributed by atoms with Crippen molar-refractivity contribution in [2.45, 2.75) is 175 Å². The summed E-state index contributed by atoms with van der Waals surface area (Å²) < 4.78 is 5.16.